The first-order chi connectivity index (χ1) is 8.95. The van der Waals surface area contributed by atoms with Gasteiger partial charge in [0.05, 0.1) is 0 Å². The SMILES string of the molecule is CCCCCCCCCCCC(O)C#CC(F)(F)Br. The van der Waals surface area contributed by atoms with Crippen LogP contribution < -0.4 is 0 Å². The molecule has 0 heterocycles. The molecule has 1 nitrogen and oxygen atoms in total. The topological polar surface area (TPSA) is 20.2 Å². The Kier molecular flexibility index (Phi) is 11.6. The molecule has 1 N–H and O–H groups in total. The van der Waals surface area contributed by atoms with Crippen LogP contribution in [-0.2, 0) is 0 Å². The summed E-state index contributed by atoms with van der Waals surface area (Å²) in [6.07, 6.45) is 10.3. The summed E-state index contributed by atoms with van der Waals surface area (Å²) in [6, 6.07) is 0. The van der Waals surface area contributed by atoms with Crippen LogP contribution in [0.2, 0.25) is 0 Å². The van der Waals surface area contributed by atoms with E-state index in [4.69, 9.17) is 0 Å². The average molecular weight is 339 g/mol. The molecule has 0 spiro atoms. The van der Waals surface area contributed by atoms with Crippen molar-refractivity contribution in [2.24, 2.45) is 0 Å². The van der Waals surface area contributed by atoms with Gasteiger partial charge in [0.2, 0.25) is 0 Å². The Balaban J connectivity index is 3.36. The van der Waals surface area contributed by atoms with Crippen molar-refractivity contribution in [3.8, 4) is 11.8 Å². The fourth-order valence-electron chi connectivity index (χ4n) is 1.89. The van der Waals surface area contributed by atoms with Gasteiger partial charge in [-0.05, 0) is 18.8 Å². The van der Waals surface area contributed by atoms with Crippen LogP contribution in [0.15, 0.2) is 0 Å². The Morgan fingerprint density at radius 3 is 1.95 bits per heavy atom. The first kappa shape index (κ1) is 18.9. The Labute approximate surface area is 124 Å². The van der Waals surface area contributed by atoms with E-state index >= 15 is 0 Å². The lowest BCUT2D eigenvalue weighted by Crippen LogP contribution is -2.06. The van der Waals surface area contributed by atoms with Crippen molar-refractivity contribution in [2.45, 2.75) is 82.1 Å². The molecule has 19 heavy (non-hydrogen) atoms. The highest BCUT2D eigenvalue weighted by atomic mass is 79.9. The van der Waals surface area contributed by atoms with Gasteiger partial charge in [-0.25, -0.2) is 0 Å². The highest BCUT2D eigenvalue weighted by Gasteiger charge is 2.19. The predicted octanol–water partition coefficient (Wildman–Crippen LogP) is 5.26. The fourth-order valence-corrected chi connectivity index (χ4v) is 2.00. The molecule has 0 radical (unpaired) electrons. The molecule has 112 valence electrons. The number of halogens is 3. The molecule has 0 bridgehead atoms. The van der Waals surface area contributed by atoms with Crippen molar-refractivity contribution in [1.82, 2.24) is 0 Å². The maximum Gasteiger partial charge on any atom is 0.363 e. The maximum atomic E-state index is 12.3. The Hall–Kier alpha value is -0.140. The van der Waals surface area contributed by atoms with Crippen LogP contribution >= 0.6 is 15.9 Å². The molecule has 0 aliphatic carbocycles. The molecule has 0 saturated heterocycles. The van der Waals surface area contributed by atoms with E-state index in [0.29, 0.717) is 6.42 Å². The molecule has 0 fully saturated rings. The van der Waals surface area contributed by atoms with E-state index in [2.05, 4.69) is 28.8 Å². The number of rotatable bonds is 10. The van der Waals surface area contributed by atoms with Gasteiger partial charge in [0, 0.05) is 15.9 Å². The van der Waals surface area contributed by atoms with Gasteiger partial charge >= 0.3 is 4.83 Å². The highest BCUT2D eigenvalue weighted by Crippen LogP contribution is 2.19. The Morgan fingerprint density at radius 1 is 1.00 bits per heavy atom. The summed E-state index contributed by atoms with van der Waals surface area (Å²) in [5.74, 6) is 3.84. The standard InChI is InChI=1S/C15H25BrF2O/c1-2-3-4-5-6-7-8-9-10-11-14(19)12-13-15(16,17)18/h14,19H,2-11H2,1H3. The van der Waals surface area contributed by atoms with Crippen LogP contribution in [-0.4, -0.2) is 16.0 Å². The van der Waals surface area contributed by atoms with Crippen LogP contribution in [0, 0.1) is 11.8 Å². The lowest BCUT2D eigenvalue weighted by atomic mass is 10.1. The normalized spacial score (nSPS) is 12.9. The molecule has 0 aromatic rings. The fraction of sp³-hybridized carbons (Fsp3) is 0.867. The minimum absolute atomic E-state index is 0.478. The highest BCUT2D eigenvalue weighted by molar-refractivity contribution is 9.10. The number of aliphatic hydroxyl groups is 1. The third kappa shape index (κ3) is 15.8. The van der Waals surface area contributed by atoms with Crippen molar-refractivity contribution in [3.63, 3.8) is 0 Å². The van der Waals surface area contributed by atoms with Crippen LogP contribution in [0.25, 0.3) is 0 Å². The van der Waals surface area contributed by atoms with Gasteiger partial charge in [0.25, 0.3) is 0 Å². The largest absolute Gasteiger partial charge is 0.380 e. The zero-order valence-electron chi connectivity index (χ0n) is 11.7. The number of hydrogen-bond donors (Lipinski definition) is 1. The van der Waals surface area contributed by atoms with Gasteiger partial charge in [-0.2, -0.15) is 8.78 Å². The lowest BCUT2D eigenvalue weighted by Gasteiger charge is -2.04. The quantitative estimate of drug-likeness (QED) is 0.327. The zero-order chi connectivity index (χ0) is 14.6. The van der Waals surface area contributed by atoms with E-state index in [-0.39, 0.29) is 0 Å². The second kappa shape index (κ2) is 11.7. The lowest BCUT2D eigenvalue weighted by molar-refractivity contribution is 0.179. The second-order valence-corrected chi connectivity index (χ2v) is 5.90. The molecule has 0 rings (SSSR count). The van der Waals surface area contributed by atoms with Crippen LogP contribution in [0.5, 0.6) is 0 Å². The van der Waals surface area contributed by atoms with E-state index in [1.807, 2.05) is 0 Å². The van der Waals surface area contributed by atoms with E-state index in [0.717, 1.165) is 19.3 Å². The summed E-state index contributed by atoms with van der Waals surface area (Å²) in [5.41, 5.74) is 0. The summed E-state index contributed by atoms with van der Waals surface area (Å²) < 4.78 is 24.7. The van der Waals surface area contributed by atoms with E-state index in [1.165, 1.54) is 38.5 Å². The van der Waals surface area contributed by atoms with Gasteiger partial charge in [-0.1, -0.05) is 64.2 Å². The number of aliphatic hydroxyl groups excluding tert-OH is 1. The molecule has 0 aromatic heterocycles. The molecule has 4 heteroatoms. The number of alkyl halides is 3. The van der Waals surface area contributed by atoms with Gasteiger partial charge < -0.3 is 5.11 Å². The summed E-state index contributed by atoms with van der Waals surface area (Å²) >= 11 is 2.12. The zero-order valence-corrected chi connectivity index (χ0v) is 13.3. The van der Waals surface area contributed by atoms with E-state index < -0.39 is 10.9 Å². The summed E-state index contributed by atoms with van der Waals surface area (Å²) in [4.78, 5) is -3.19. The molecule has 0 aromatic carbocycles. The van der Waals surface area contributed by atoms with Crippen molar-refractivity contribution < 1.29 is 13.9 Å². The maximum absolute atomic E-state index is 12.3. The second-order valence-electron chi connectivity index (χ2n) is 4.90. The molecule has 0 aliphatic rings. The van der Waals surface area contributed by atoms with Crippen molar-refractivity contribution in [2.75, 3.05) is 0 Å². The van der Waals surface area contributed by atoms with E-state index in [1.54, 1.807) is 5.92 Å². The van der Waals surface area contributed by atoms with Gasteiger partial charge in [0.1, 0.15) is 6.10 Å². The van der Waals surface area contributed by atoms with Gasteiger partial charge in [-0.15, -0.1) is 0 Å². The Bertz CT molecular complexity index is 266. The summed E-state index contributed by atoms with van der Waals surface area (Å²) in [7, 11) is 0. The van der Waals surface area contributed by atoms with Crippen molar-refractivity contribution in [3.05, 3.63) is 0 Å². The molecule has 1 atom stereocenters. The Morgan fingerprint density at radius 2 is 1.47 bits per heavy atom. The molecule has 0 aliphatic heterocycles. The first-order valence-corrected chi connectivity index (χ1v) is 8.02. The van der Waals surface area contributed by atoms with Gasteiger partial charge in [0.15, 0.2) is 0 Å². The average Bonchev–Trinajstić information content (AvgIpc) is 2.33. The predicted molar refractivity (Wildman–Crippen MR) is 79.5 cm³/mol. The van der Waals surface area contributed by atoms with Crippen molar-refractivity contribution in [1.29, 1.82) is 0 Å². The monoisotopic (exact) mass is 338 g/mol. The summed E-state index contributed by atoms with van der Waals surface area (Å²) in [5, 5.41) is 9.38. The number of unbranched alkanes of at least 4 members (excludes halogenated alkanes) is 8. The first-order valence-electron chi connectivity index (χ1n) is 7.23. The minimum atomic E-state index is -3.19. The van der Waals surface area contributed by atoms with Crippen LogP contribution in [0.4, 0.5) is 8.78 Å². The van der Waals surface area contributed by atoms with Crippen molar-refractivity contribution >= 4 is 15.9 Å². The van der Waals surface area contributed by atoms with Crippen LogP contribution in [0.3, 0.4) is 0 Å². The number of hydrogen-bond acceptors (Lipinski definition) is 1. The van der Waals surface area contributed by atoms with E-state index in [9.17, 15) is 13.9 Å². The minimum Gasteiger partial charge on any atom is -0.380 e. The molecule has 0 saturated carbocycles. The molecule has 1 unspecified atom stereocenters. The summed E-state index contributed by atoms with van der Waals surface area (Å²) in [6.45, 7) is 2.21. The van der Waals surface area contributed by atoms with Crippen LogP contribution in [0.1, 0.15) is 71.1 Å². The third-order valence-electron chi connectivity index (χ3n) is 2.96. The smallest absolute Gasteiger partial charge is 0.363 e. The molecular formula is C15H25BrF2O. The third-order valence-corrected chi connectivity index (χ3v) is 3.16. The van der Waals surface area contributed by atoms with Gasteiger partial charge in [-0.3, -0.25) is 0 Å². The molecular weight excluding hydrogens is 314 g/mol. The molecule has 0 amide bonds.